The standard InChI is InChI=1S/C20H20N2O5/c1-3-25-17-8-5-13(11-18(17)26-4-2)6-10-19(23)21-14-7-9-16-15(12-14)22-20(24)27-16/h5-12H,3-4H2,1-2H3,(H,21,23)(H,22,24)/b10-6+. The Bertz CT molecular complexity index is 1030. The third-order valence-corrected chi connectivity index (χ3v) is 3.68. The van der Waals surface area contributed by atoms with E-state index in [1.807, 2.05) is 32.0 Å². The average Bonchev–Trinajstić information content (AvgIpc) is 3.01. The third kappa shape index (κ3) is 4.58. The topological polar surface area (TPSA) is 93.6 Å². The van der Waals surface area contributed by atoms with Crippen LogP contribution in [0.3, 0.4) is 0 Å². The van der Waals surface area contributed by atoms with Crippen molar-refractivity contribution in [2.45, 2.75) is 13.8 Å². The molecule has 3 rings (SSSR count). The number of amides is 1. The Kier molecular flexibility index (Phi) is 5.61. The number of benzene rings is 2. The van der Waals surface area contributed by atoms with E-state index in [4.69, 9.17) is 13.9 Å². The monoisotopic (exact) mass is 368 g/mol. The van der Waals surface area contributed by atoms with Gasteiger partial charge >= 0.3 is 5.76 Å². The number of rotatable bonds is 7. The molecular formula is C20H20N2O5. The van der Waals surface area contributed by atoms with E-state index in [1.54, 1.807) is 24.3 Å². The van der Waals surface area contributed by atoms with Crippen LogP contribution in [0, 0.1) is 0 Å². The van der Waals surface area contributed by atoms with Crippen LogP contribution in [0.25, 0.3) is 17.2 Å². The van der Waals surface area contributed by atoms with Gasteiger partial charge in [0.15, 0.2) is 17.1 Å². The first-order valence-corrected chi connectivity index (χ1v) is 8.60. The number of fused-ring (bicyclic) bond motifs is 1. The number of aromatic amines is 1. The van der Waals surface area contributed by atoms with E-state index in [-0.39, 0.29) is 5.91 Å². The smallest absolute Gasteiger partial charge is 0.417 e. The molecule has 7 nitrogen and oxygen atoms in total. The quantitative estimate of drug-likeness (QED) is 0.622. The Morgan fingerprint density at radius 2 is 1.89 bits per heavy atom. The van der Waals surface area contributed by atoms with Crippen molar-refractivity contribution >= 4 is 28.8 Å². The summed E-state index contributed by atoms with van der Waals surface area (Å²) in [6.07, 6.45) is 3.11. The highest BCUT2D eigenvalue weighted by Gasteiger charge is 2.06. The summed E-state index contributed by atoms with van der Waals surface area (Å²) >= 11 is 0. The van der Waals surface area contributed by atoms with Gasteiger partial charge < -0.3 is 19.2 Å². The summed E-state index contributed by atoms with van der Waals surface area (Å²) < 4.78 is 16.0. The summed E-state index contributed by atoms with van der Waals surface area (Å²) in [5, 5.41) is 2.74. The molecule has 1 aromatic heterocycles. The average molecular weight is 368 g/mol. The molecule has 2 aromatic carbocycles. The molecule has 1 heterocycles. The van der Waals surface area contributed by atoms with Crippen LogP contribution in [0.5, 0.6) is 11.5 Å². The first-order valence-electron chi connectivity index (χ1n) is 8.60. The van der Waals surface area contributed by atoms with Crippen molar-refractivity contribution in [3.8, 4) is 11.5 Å². The van der Waals surface area contributed by atoms with Crippen LogP contribution in [0.2, 0.25) is 0 Å². The normalized spacial score (nSPS) is 11.0. The van der Waals surface area contributed by atoms with Gasteiger partial charge in [0.1, 0.15) is 0 Å². The molecule has 2 N–H and O–H groups in total. The number of nitrogens with one attached hydrogen (secondary N) is 2. The molecule has 140 valence electrons. The number of anilines is 1. The Morgan fingerprint density at radius 1 is 1.11 bits per heavy atom. The van der Waals surface area contributed by atoms with Gasteiger partial charge in [0.05, 0.1) is 18.7 Å². The fraction of sp³-hybridized carbons (Fsp3) is 0.200. The first-order chi connectivity index (χ1) is 13.1. The zero-order valence-corrected chi connectivity index (χ0v) is 15.1. The first kappa shape index (κ1) is 18.3. The van der Waals surface area contributed by atoms with Gasteiger partial charge in [0, 0.05) is 11.8 Å². The summed E-state index contributed by atoms with van der Waals surface area (Å²) in [4.78, 5) is 25.9. The van der Waals surface area contributed by atoms with Crippen molar-refractivity contribution in [2.24, 2.45) is 0 Å². The van der Waals surface area contributed by atoms with Crippen LogP contribution in [0.15, 0.2) is 51.7 Å². The van der Waals surface area contributed by atoms with E-state index in [0.29, 0.717) is 41.5 Å². The summed E-state index contributed by atoms with van der Waals surface area (Å²) in [7, 11) is 0. The summed E-state index contributed by atoms with van der Waals surface area (Å²) in [5.41, 5.74) is 2.32. The maximum atomic E-state index is 12.2. The lowest BCUT2D eigenvalue weighted by atomic mass is 10.2. The molecule has 0 radical (unpaired) electrons. The molecule has 0 aliphatic rings. The number of ether oxygens (including phenoxy) is 2. The molecule has 0 saturated heterocycles. The predicted molar refractivity (Wildman–Crippen MR) is 103 cm³/mol. The van der Waals surface area contributed by atoms with E-state index in [9.17, 15) is 9.59 Å². The molecule has 0 spiro atoms. The van der Waals surface area contributed by atoms with Gasteiger partial charge in [-0.25, -0.2) is 4.79 Å². The maximum absolute atomic E-state index is 12.2. The molecule has 0 aliphatic carbocycles. The predicted octanol–water partition coefficient (Wildman–Crippen LogP) is 3.57. The van der Waals surface area contributed by atoms with Gasteiger partial charge in [0.25, 0.3) is 0 Å². The van der Waals surface area contributed by atoms with Crippen molar-refractivity contribution in [1.29, 1.82) is 0 Å². The number of carbonyl (C=O) groups excluding carboxylic acids is 1. The highest BCUT2D eigenvalue weighted by molar-refractivity contribution is 6.02. The van der Waals surface area contributed by atoms with Crippen molar-refractivity contribution in [3.63, 3.8) is 0 Å². The van der Waals surface area contributed by atoms with E-state index in [1.165, 1.54) is 6.08 Å². The maximum Gasteiger partial charge on any atom is 0.417 e. The minimum atomic E-state index is -0.533. The van der Waals surface area contributed by atoms with Gasteiger partial charge in [-0.3, -0.25) is 9.78 Å². The van der Waals surface area contributed by atoms with E-state index in [2.05, 4.69) is 10.3 Å². The number of hydrogen-bond acceptors (Lipinski definition) is 5. The molecule has 1 amide bonds. The molecule has 0 aliphatic heterocycles. The zero-order valence-electron chi connectivity index (χ0n) is 15.1. The number of oxazole rings is 1. The Hall–Kier alpha value is -3.48. The van der Waals surface area contributed by atoms with Crippen molar-refractivity contribution in [3.05, 3.63) is 58.6 Å². The molecule has 0 fully saturated rings. The van der Waals surface area contributed by atoms with Crippen molar-refractivity contribution < 1.29 is 18.7 Å². The fourth-order valence-corrected chi connectivity index (χ4v) is 2.56. The largest absolute Gasteiger partial charge is 0.490 e. The van der Waals surface area contributed by atoms with Gasteiger partial charge in [-0.05, 0) is 55.8 Å². The Balaban J connectivity index is 1.71. The van der Waals surface area contributed by atoms with Crippen molar-refractivity contribution in [2.75, 3.05) is 18.5 Å². The summed E-state index contributed by atoms with van der Waals surface area (Å²) in [5.74, 6) is 0.473. The molecule has 0 unspecified atom stereocenters. The number of hydrogen-bond donors (Lipinski definition) is 2. The van der Waals surface area contributed by atoms with E-state index < -0.39 is 5.76 Å². The Morgan fingerprint density at radius 3 is 2.67 bits per heavy atom. The van der Waals surface area contributed by atoms with Gasteiger partial charge in [0.2, 0.25) is 5.91 Å². The lowest BCUT2D eigenvalue weighted by molar-refractivity contribution is -0.111. The summed E-state index contributed by atoms with van der Waals surface area (Å²) in [6, 6.07) is 10.4. The molecule has 0 bridgehead atoms. The molecule has 0 atom stereocenters. The molecule has 7 heteroatoms. The second-order valence-corrected chi connectivity index (χ2v) is 5.62. The highest BCUT2D eigenvalue weighted by Crippen LogP contribution is 2.29. The molecular weight excluding hydrogens is 348 g/mol. The second kappa shape index (κ2) is 8.27. The van der Waals surface area contributed by atoms with E-state index in [0.717, 1.165) is 5.56 Å². The van der Waals surface area contributed by atoms with Gasteiger partial charge in [-0.2, -0.15) is 0 Å². The number of carbonyl (C=O) groups is 1. The lowest BCUT2D eigenvalue weighted by Gasteiger charge is -2.11. The van der Waals surface area contributed by atoms with Crippen LogP contribution in [0.1, 0.15) is 19.4 Å². The van der Waals surface area contributed by atoms with Crippen molar-refractivity contribution in [1.82, 2.24) is 4.98 Å². The zero-order chi connectivity index (χ0) is 19.2. The number of aromatic nitrogens is 1. The second-order valence-electron chi connectivity index (χ2n) is 5.62. The lowest BCUT2D eigenvalue weighted by Crippen LogP contribution is -2.07. The minimum Gasteiger partial charge on any atom is -0.490 e. The third-order valence-electron chi connectivity index (χ3n) is 3.68. The SMILES string of the molecule is CCOc1ccc(/C=C/C(=O)Nc2ccc3oc(=O)[nH]c3c2)cc1OCC. The number of H-pyrrole nitrogens is 1. The Labute approximate surface area is 155 Å². The van der Waals surface area contributed by atoms with Gasteiger partial charge in [-0.15, -0.1) is 0 Å². The van der Waals surface area contributed by atoms with Crippen LogP contribution in [-0.4, -0.2) is 24.1 Å². The van der Waals surface area contributed by atoms with Crippen LogP contribution in [-0.2, 0) is 4.79 Å². The molecule has 0 saturated carbocycles. The highest BCUT2D eigenvalue weighted by atomic mass is 16.5. The molecule has 27 heavy (non-hydrogen) atoms. The van der Waals surface area contributed by atoms with Crippen LogP contribution < -0.4 is 20.5 Å². The van der Waals surface area contributed by atoms with Crippen LogP contribution in [0.4, 0.5) is 5.69 Å². The van der Waals surface area contributed by atoms with E-state index >= 15 is 0 Å². The summed E-state index contributed by atoms with van der Waals surface area (Å²) in [6.45, 7) is 4.87. The fourth-order valence-electron chi connectivity index (χ4n) is 2.56. The molecule has 3 aromatic rings. The minimum absolute atomic E-state index is 0.299. The van der Waals surface area contributed by atoms with Crippen LogP contribution >= 0.6 is 0 Å². The van der Waals surface area contributed by atoms with Gasteiger partial charge in [-0.1, -0.05) is 6.07 Å².